The van der Waals surface area contributed by atoms with Crippen LogP contribution in [-0.2, 0) is 23.4 Å². The van der Waals surface area contributed by atoms with Crippen molar-refractivity contribution in [2.45, 2.75) is 88.5 Å². The van der Waals surface area contributed by atoms with E-state index >= 15 is 0 Å². The van der Waals surface area contributed by atoms with Gasteiger partial charge in [0.2, 0.25) is 0 Å². The number of esters is 1. The molecule has 13 nitrogen and oxygen atoms in total. The normalized spacial score (nSPS) is 27.9. The maximum atomic E-state index is 13.9. The molecule has 2 heterocycles. The molecule has 1 unspecified atom stereocenters. The quantitative estimate of drug-likeness (QED) is 0.183. The molecule has 1 saturated carbocycles. The fourth-order valence-electron chi connectivity index (χ4n) is 4.84. The van der Waals surface area contributed by atoms with Crippen molar-refractivity contribution in [2.75, 3.05) is 6.61 Å². The van der Waals surface area contributed by atoms with Crippen LogP contribution in [0.25, 0.3) is 0 Å². The average molecular weight is 581 g/mol. The van der Waals surface area contributed by atoms with E-state index in [2.05, 4.69) is 10.1 Å². The van der Waals surface area contributed by atoms with Crippen molar-refractivity contribution in [2.24, 2.45) is 5.73 Å². The molecular weight excluding hydrogens is 543 g/mol. The molecule has 1 saturated heterocycles. The summed E-state index contributed by atoms with van der Waals surface area (Å²) in [7, 11) is -4.24. The first-order valence-electron chi connectivity index (χ1n) is 13.4. The summed E-state index contributed by atoms with van der Waals surface area (Å²) in [5, 5.41) is 13.6. The molecule has 0 bridgehead atoms. The number of hydrogen-bond acceptors (Lipinski definition) is 10. The lowest BCUT2D eigenvalue weighted by molar-refractivity contribution is -0.151. The molecule has 6 atom stereocenters. The van der Waals surface area contributed by atoms with Crippen molar-refractivity contribution in [3.8, 4) is 5.75 Å². The summed E-state index contributed by atoms with van der Waals surface area (Å²) in [5.74, 6) is -0.367. The Labute approximate surface area is 231 Å². The molecule has 2 fully saturated rings. The number of hydrogen-bond donors (Lipinski definition) is 4. The zero-order valence-corrected chi connectivity index (χ0v) is 23.5. The Morgan fingerprint density at radius 3 is 2.55 bits per heavy atom. The average Bonchev–Trinajstić information content (AvgIpc) is 3.06. The number of nitrogens with two attached hydrogens (primary N) is 1. The van der Waals surface area contributed by atoms with Gasteiger partial charge in [0.25, 0.3) is 5.56 Å². The van der Waals surface area contributed by atoms with Crippen LogP contribution >= 0.6 is 7.75 Å². The van der Waals surface area contributed by atoms with E-state index in [0.717, 1.165) is 49.2 Å². The summed E-state index contributed by atoms with van der Waals surface area (Å²) in [4.78, 5) is 38.8. The molecule has 220 valence electrons. The largest absolute Gasteiger partial charge is 0.461 e. The van der Waals surface area contributed by atoms with Crippen LogP contribution in [0.1, 0.15) is 58.6 Å². The Morgan fingerprint density at radius 1 is 1.23 bits per heavy atom. The minimum atomic E-state index is -4.24. The highest BCUT2D eigenvalue weighted by molar-refractivity contribution is 7.52. The van der Waals surface area contributed by atoms with Crippen molar-refractivity contribution >= 4 is 13.7 Å². The molecule has 0 spiro atoms. The number of nitrogens with zero attached hydrogens (tertiary/aromatic N) is 1. The molecule has 2 aromatic rings. The van der Waals surface area contributed by atoms with E-state index in [4.69, 9.17) is 24.3 Å². The second-order valence-corrected chi connectivity index (χ2v) is 12.1. The number of nitrogens with one attached hydrogen (secondary N) is 2. The second-order valence-electron chi connectivity index (χ2n) is 10.5. The first kappa shape index (κ1) is 30.2. The molecular formula is C26H37N4O9P. The van der Waals surface area contributed by atoms with Crippen molar-refractivity contribution in [1.82, 2.24) is 14.6 Å². The third-order valence-corrected chi connectivity index (χ3v) is 8.74. The third kappa shape index (κ3) is 7.28. The smallest absolute Gasteiger partial charge is 0.459 e. The number of carbonyl (C=O) groups is 1. The number of benzene rings is 1. The zero-order valence-electron chi connectivity index (χ0n) is 22.6. The molecule has 0 radical (unpaired) electrons. The highest BCUT2D eigenvalue weighted by Crippen LogP contribution is 2.46. The van der Waals surface area contributed by atoms with Crippen LogP contribution in [0, 0.1) is 0 Å². The number of aliphatic hydroxyl groups is 1. The van der Waals surface area contributed by atoms with E-state index in [-0.39, 0.29) is 11.9 Å². The Morgan fingerprint density at radius 2 is 1.90 bits per heavy atom. The first-order valence-corrected chi connectivity index (χ1v) is 14.9. The Hall–Kier alpha value is -2.80. The predicted octanol–water partition coefficient (Wildman–Crippen LogP) is 1.96. The molecule has 1 aromatic carbocycles. The van der Waals surface area contributed by atoms with Crippen molar-refractivity contribution in [3.05, 3.63) is 63.4 Å². The van der Waals surface area contributed by atoms with Crippen LogP contribution in [-0.4, -0.2) is 57.1 Å². The van der Waals surface area contributed by atoms with Crippen LogP contribution in [0.2, 0.25) is 0 Å². The van der Waals surface area contributed by atoms with Gasteiger partial charge in [0.15, 0.2) is 6.23 Å². The lowest BCUT2D eigenvalue weighted by Gasteiger charge is -2.28. The highest BCUT2D eigenvalue weighted by atomic mass is 31.2. The van der Waals surface area contributed by atoms with Gasteiger partial charge in [0.05, 0.1) is 12.1 Å². The number of aromatic amines is 1. The van der Waals surface area contributed by atoms with Gasteiger partial charge in [0, 0.05) is 12.3 Å². The van der Waals surface area contributed by atoms with Gasteiger partial charge in [-0.2, -0.15) is 5.09 Å². The van der Waals surface area contributed by atoms with E-state index in [1.54, 1.807) is 30.3 Å². The van der Waals surface area contributed by atoms with Gasteiger partial charge in [-0.1, -0.05) is 31.0 Å². The second kappa shape index (κ2) is 12.8. The summed E-state index contributed by atoms with van der Waals surface area (Å²) >= 11 is 0. The predicted molar refractivity (Wildman–Crippen MR) is 145 cm³/mol. The number of para-hydroxylation sites is 1. The molecule has 40 heavy (non-hydrogen) atoms. The summed E-state index contributed by atoms with van der Waals surface area (Å²) in [6, 6.07) is 8.34. The van der Waals surface area contributed by atoms with E-state index in [1.807, 2.05) is 0 Å². The third-order valence-electron chi connectivity index (χ3n) is 7.10. The monoisotopic (exact) mass is 580 g/mol. The summed E-state index contributed by atoms with van der Waals surface area (Å²) < 4.78 is 37.8. The van der Waals surface area contributed by atoms with Crippen LogP contribution in [0.4, 0.5) is 0 Å². The minimum Gasteiger partial charge on any atom is -0.461 e. The van der Waals surface area contributed by atoms with E-state index in [9.17, 15) is 24.1 Å². The number of ether oxygens (including phenoxy) is 2. The van der Waals surface area contributed by atoms with Gasteiger partial charge in [-0.25, -0.2) is 9.36 Å². The van der Waals surface area contributed by atoms with E-state index < -0.39 is 61.6 Å². The molecule has 2 aliphatic rings. The lowest BCUT2D eigenvalue weighted by atomic mass is 9.93. The maximum absolute atomic E-state index is 13.9. The number of rotatable bonds is 10. The molecule has 4 rings (SSSR count). The summed E-state index contributed by atoms with van der Waals surface area (Å²) in [6.45, 7) is 2.51. The van der Waals surface area contributed by atoms with Crippen LogP contribution in [0.3, 0.4) is 0 Å². The highest BCUT2D eigenvalue weighted by Gasteiger charge is 2.52. The Balaban J connectivity index is 1.48. The minimum absolute atomic E-state index is 0.202. The molecule has 14 heteroatoms. The zero-order chi connectivity index (χ0) is 28.9. The Bertz CT molecular complexity index is 1310. The van der Waals surface area contributed by atoms with Crippen LogP contribution in [0.15, 0.2) is 52.2 Å². The molecule has 5 N–H and O–H groups in total. The summed E-state index contributed by atoms with van der Waals surface area (Å²) in [6.07, 6.45) is 3.06. The van der Waals surface area contributed by atoms with E-state index in [0.29, 0.717) is 0 Å². The van der Waals surface area contributed by atoms with Crippen LogP contribution in [0.5, 0.6) is 5.75 Å². The summed E-state index contributed by atoms with van der Waals surface area (Å²) in [5.41, 5.74) is 3.46. The topological polar surface area (TPSA) is 184 Å². The van der Waals surface area contributed by atoms with Gasteiger partial charge in [0.1, 0.15) is 30.1 Å². The molecule has 0 amide bonds. The number of H-pyrrole nitrogens is 1. The number of carbonyl (C=O) groups excluding carboxylic acids is 1. The molecule has 1 aliphatic carbocycles. The molecule has 1 aliphatic heterocycles. The Kier molecular flexibility index (Phi) is 9.65. The van der Waals surface area contributed by atoms with E-state index in [1.165, 1.54) is 20.0 Å². The molecule has 1 aromatic heterocycles. The number of aliphatic hydroxyl groups excluding tert-OH is 1. The SMILES string of the molecule is C[C@H](NP(=O)(OC[C@H]1O[C@@H](n2ccc(=O)[nH]c2=O)[C@](C)(N)[C@@H]1O)Oc1ccccc1)C(=O)OC1CCCCCC1. The van der Waals surface area contributed by atoms with Gasteiger partial charge >= 0.3 is 19.4 Å². The van der Waals surface area contributed by atoms with Crippen LogP contribution < -0.4 is 26.6 Å². The van der Waals surface area contributed by atoms with Crippen molar-refractivity contribution in [1.29, 1.82) is 0 Å². The standard InChI is InChI=1S/C26H37N4O9P/c1-17(23(33)37-18-10-6-3-4-7-11-18)29-40(35,39-19-12-8-5-9-13-19)36-16-20-22(32)26(2,27)24(38-20)30-15-14-21(31)28-25(30)34/h5,8-9,12-15,17-18,20,22,24,32H,3-4,6-7,10-11,16,27H2,1-2H3,(H,29,35)(H,28,31,34)/t17-,20+,22+,24+,26+,40?/m0/s1. The van der Waals surface area contributed by atoms with Gasteiger partial charge < -0.3 is 24.8 Å². The first-order chi connectivity index (χ1) is 19.0. The number of aromatic nitrogens is 2. The van der Waals surface area contributed by atoms with Crippen molar-refractivity contribution in [3.63, 3.8) is 0 Å². The fraction of sp³-hybridized carbons (Fsp3) is 0.577. The van der Waals surface area contributed by atoms with Gasteiger partial charge in [-0.3, -0.25) is 23.7 Å². The lowest BCUT2D eigenvalue weighted by Crippen LogP contribution is -2.53. The van der Waals surface area contributed by atoms with Gasteiger partial charge in [-0.15, -0.1) is 0 Å². The maximum Gasteiger partial charge on any atom is 0.459 e. The fourth-order valence-corrected chi connectivity index (χ4v) is 6.34. The van der Waals surface area contributed by atoms with Gasteiger partial charge in [-0.05, 0) is 51.7 Å². The van der Waals surface area contributed by atoms with Crippen molar-refractivity contribution < 1.29 is 33.0 Å².